The van der Waals surface area contributed by atoms with E-state index >= 15 is 0 Å². The zero-order chi connectivity index (χ0) is 22.9. The van der Waals surface area contributed by atoms with E-state index in [2.05, 4.69) is 45.9 Å². The van der Waals surface area contributed by atoms with Crippen molar-refractivity contribution < 1.29 is 4.79 Å². The number of nitrogens with one attached hydrogen (secondary N) is 2. The van der Waals surface area contributed by atoms with Gasteiger partial charge >= 0.3 is 0 Å². The van der Waals surface area contributed by atoms with E-state index < -0.39 is 0 Å². The van der Waals surface area contributed by atoms with E-state index in [-0.39, 0.29) is 5.91 Å². The first-order valence-corrected chi connectivity index (χ1v) is 12.1. The molecule has 5 nitrogen and oxygen atoms in total. The average Bonchev–Trinajstić information content (AvgIpc) is 3.74. The van der Waals surface area contributed by atoms with Crippen molar-refractivity contribution in [3.63, 3.8) is 0 Å². The molecule has 0 spiro atoms. The Morgan fingerprint density at radius 3 is 2.50 bits per heavy atom. The van der Waals surface area contributed by atoms with E-state index in [1.54, 1.807) is 6.20 Å². The van der Waals surface area contributed by atoms with Crippen LogP contribution in [-0.2, 0) is 0 Å². The molecular weight excluding hydrogens is 420 g/mol. The Morgan fingerprint density at radius 1 is 0.912 bits per heavy atom. The fourth-order valence-electron chi connectivity index (χ4n) is 4.90. The highest BCUT2D eigenvalue weighted by Gasteiger charge is 2.31. The van der Waals surface area contributed by atoms with Crippen LogP contribution < -0.4 is 15.5 Å². The molecule has 0 unspecified atom stereocenters. The van der Waals surface area contributed by atoms with Crippen molar-refractivity contribution in [1.82, 2.24) is 10.3 Å². The average molecular weight is 449 g/mol. The molecule has 2 fully saturated rings. The number of hydrogen-bond donors (Lipinski definition) is 2. The van der Waals surface area contributed by atoms with Gasteiger partial charge in [-0.2, -0.15) is 0 Å². The molecule has 1 aliphatic carbocycles. The quantitative estimate of drug-likeness (QED) is 0.427. The molecule has 4 aromatic rings. The Morgan fingerprint density at radius 2 is 1.71 bits per heavy atom. The Labute approximate surface area is 199 Å². The minimum Gasteiger partial charge on any atom is -0.369 e. The van der Waals surface area contributed by atoms with Crippen LogP contribution in [-0.4, -0.2) is 37.1 Å². The lowest BCUT2D eigenvalue weighted by atomic mass is 10.0. The standard InChI is InChI=1S/C29H28N4O/c34-29(32-25-8-4-7-22(18-25)20-5-2-1-3-6-20)24-17-23-11-12-26(33-15-13-30-14-16-33)27(21-9-10-21)28(23)31-19-24/h1-8,11-12,17-19,21,30H,9-10,13-16H2,(H,32,34). The number of fused-ring (bicyclic) bond motifs is 1. The number of rotatable bonds is 5. The van der Waals surface area contributed by atoms with Crippen LogP contribution in [0.2, 0.25) is 0 Å². The van der Waals surface area contributed by atoms with Gasteiger partial charge in [0, 0.05) is 54.7 Å². The van der Waals surface area contributed by atoms with Crippen molar-refractivity contribution in [2.24, 2.45) is 0 Å². The Hall–Kier alpha value is -3.70. The van der Waals surface area contributed by atoms with E-state index in [0.717, 1.165) is 53.9 Å². The maximum Gasteiger partial charge on any atom is 0.257 e. The first kappa shape index (κ1) is 20.9. The first-order valence-electron chi connectivity index (χ1n) is 12.1. The fourth-order valence-corrected chi connectivity index (χ4v) is 4.90. The predicted molar refractivity (Wildman–Crippen MR) is 139 cm³/mol. The SMILES string of the molecule is O=C(Nc1cccc(-c2ccccc2)c1)c1cnc2c(C3CC3)c(N3CCNCC3)ccc2c1. The van der Waals surface area contributed by atoms with Gasteiger partial charge in [0.05, 0.1) is 11.1 Å². The van der Waals surface area contributed by atoms with Gasteiger partial charge in [-0.15, -0.1) is 0 Å². The van der Waals surface area contributed by atoms with Crippen LogP contribution >= 0.6 is 0 Å². The molecule has 3 aromatic carbocycles. The van der Waals surface area contributed by atoms with E-state index in [9.17, 15) is 4.79 Å². The van der Waals surface area contributed by atoms with Crippen molar-refractivity contribution in [3.8, 4) is 11.1 Å². The molecule has 0 radical (unpaired) electrons. The van der Waals surface area contributed by atoms with Gasteiger partial charge in [0.25, 0.3) is 5.91 Å². The molecule has 1 amide bonds. The largest absolute Gasteiger partial charge is 0.369 e. The number of carbonyl (C=O) groups excluding carboxylic acids is 1. The van der Waals surface area contributed by atoms with Gasteiger partial charge in [0.2, 0.25) is 0 Å². The number of pyridine rings is 1. The van der Waals surface area contributed by atoms with Gasteiger partial charge in [-0.3, -0.25) is 9.78 Å². The summed E-state index contributed by atoms with van der Waals surface area (Å²) in [5, 5.41) is 7.52. The van der Waals surface area contributed by atoms with E-state index in [0.29, 0.717) is 11.5 Å². The van der Waals surface area contributed by atoms with Crippen LogP contribution in [0.1, 0.15) is 34.7 Å². The topological polar surface area (TPSA) is 57.3 Å². The lowest BCUT2D eigenvalue weighted by Gasteiger charge is -2.31. The monoisotopic (exact) mass is 448 g/mol. The summed E-state index contributed by atoms with van der Waals surface area (Å²) in [5.74, 6) is 0.445. The van der Waals surface area contributed by atoms with Crippen molar-refractivity contribution in [2.75, 3.05) is 36.4 Å². The number of nitrogens with zero attached hydrogens (tertiary/aromatic N) is 2. The Kier molecular flexibility index (Phi) is 5.47. The second-order valence-corrected chi connectivity index (χ2v) is 9.21. The molecule has 1 aromatic heterocycles. The van der Waals surface area contributed by atoms with E-state index in [4.69, 9.17) is 4.98 Å². The zero-order valence-corrected chi connectivity index (χ0v) is 19.1. The number of anilines is 2. The molecule has 0 bridgehead atoms. The zero-order valence-electron chi connectivity index (χ0n) is 19.1. The smallest absolute Gasteiger partial charge is 0.257 e. The molecule has 170 valence electrons. The van der Waals surface area contributed by atoms with Gasteiger partial charge in [-0.05, 0) is 54.2 Å². The Bertz CT molecular complexity index is 1340. The lowest BCUT2D eigenvalue weighted by molar-refractivity contribution is 0.102. The summed E-state index contributed by atoms with van der Waals surface area (Å²) >= 11 is 0. The predicted octanol–water partition coefficient (Wildman–Crippen LogP) is 5.44. The second kappa shape index (κ2) is 8.92. The molecular formula is C29H28N4O. The van der Waals surface area contributed by atoms with Gasteiger partial charge in [-0.1, -0.05) is 48.5 Å². The number of carbonyl (C=O) groups is 1. The third-order valence-corrected chi connectivity index (χ3v) is 6.80. The normalized spacial score (nSPS) is 15.9. The molecule has 1 saturated heterocycles. The van der Waals surface area contributed by atoms with Crippen molar-refractivity contribution in [3.05, 3.63) is 90.1 Å². The highest BCUT2D eigenvalue weighted by atomic mass is 16.1. The summed E-state index contributed by atoms with van der Waals surface area (Å²) in [6.07, 6.45) is 4.17. The molecule has 1 aliphatic heterocycles. The van der Waals surface area contributed by atoms with E-state index in [1.165, 1.54) is 24.1 Å². The van der Waals surface area contributed by atoms with Crippen LogP contribution in [0.5, 0.6) is 0 Å². The highest BCUT2D eigenvalue weighted by Crippen LogP contribution is 2.47. The third-order valence-electron chi connectivity index (χ3n) is 6.80. The van der Waals surface area contributed by atoms with E-state index in [1.807, 2.05) is 42.5 Å². The number of aromatic nitrogens is 1. The summed E-state index contributed by atoms with van der Waals surface area (Å²) in [6, 6.07) is 24.5. The Balaban J connectivity index is 1.28. The van der Waals surface area contributed by atoms with Gasteiger partial charge in [-0.25, -0.2) is 0 Å². The van der Waals surface area contributed by atoms with Crippen LogP contribution in [0.25, 0.3) is 22.0 Å². The molecule has 34 heavy (non-hydrogen) atoms. The van der Waals surface area contributed by atoms with Crippen molar-refractivity contribution >= 4 is 28.2 Å². The molecule has 1 saturated carbocycles. The number of amides is 1. The number of piperazine rings is 1. The molecule has 2 N–H and O–H groups in total. The summed E-state index contributed by atoms with van der Waals surface area (Å²) < 4.78 is 0. The van der Waals surface area contributed by atoms with Crippen LogP contribution in [0.15, 0.2) is 79.0 Å². The third kappa shape index (κ3) is 4.15. The second-order valence-electron chi connectivity index (χ2n) is 9.21. The highest BCUT2D eigenvalue weighted by molar-refractivity contribution is 6.06. The number of hydrogen-bond acceptors (Lipinski definition) is 4. The van der Waals surface area contributed by atoms with Crippen LogP contribution in [0, 0.1) is 0 Å². The van der Waals surface area contributed by atoms with Crippen LogP contribution in [0.4, 0.5) is 11.4 Å². The number of benzene rings is 3. The maximum absolute atomic E-state index is 13.1. The summed E-state index contributed by atoms with van der Waals surface area (Å²) in [6.45, 7) is 4.07. The fraction of sp³-hybridized carbons (Fsp3) is 0.241. The first-order chi connectivity index (χ1) is 16.8. The summed E-state index contributed by atoms with van der Waals surface area (Å²) in [7, 11) is 0. The van der Waals surface area contributed by atoms with Gasteiger partial charge < -0.3 is 15.5 Å². The lowest BCUT2D eigenvalue weighted by Crippen LogP contribution is -2.43. The molecule has 6 rings (SSSR count). The van der Waals surface area contributed by atoms with Crippen molar-refractivity contribution in [1.29, 1.82) is 0 Å². The molecule has 5 heteroatoms. The van der Waals surface area contributed by atoms with Crippen LogP contribution in [0.3, 0.4) is 0 Å². The summed E-state index contributed by atoms with van der Waals surface area (Å²) in [4.78, 5) is 20.4. The van der Waals surface area contributed by atoms with Gasteiger partial charge in [0.15, 0.2) is 0 Å². The van der Waals surface area contributed by atoms with Gasteiger partial charge in [0.1, 0.15) is 0 Å². The minimum absolute atomic E-state index is 0.140. The summed E-state index contributed by atoms with van der Waals surface area (Å²) in [5.41, 5.74) is 7.28. The maximum atomic E-state index is 13.1. The van der Waals surface area contributed by atoms with Crippen molar-refractivity contribution in [2.45, 2.75) is 18.8 Å². The molecule has 2 aliphatic rings. The minimum atomic E-state index is -0.140. The molecule has 0 atom stereocenters. The molecule has 2 heterocycles.